The van der Waals surface area contributed by atoms with Crippen LogP contribution >= 0.6 is 23.5 Å². The Labute approximate surface area is 202 Å². The van der Waals surface area contributed by atoms with E-state index in [4.69, 9.17) is 0 Å². The molecule has 1 aliphatic heterocycles. The predicted molar refractivity (Wildman–Crippen MR) is 141 cm³/mol. The van der Waals surface area contributed by atoms with Crippen molar-refractivity contribution in [3.8, 4) is 0 Å². The lowest BCUT2D eigenvalue weighted by Crippen LogP contribution is -2.55. The topological polar surface area (TPSA) is 0 Å². The molecule has 1 saturated heterocycles. The Bertz CT molecular complexity index is 637. The number of thioether (sulfide) groups is 2. The number of rotatable bonds is 5. The van der Waals surface area contributed by atoms with Crippen molar-refractivity contribution in [1.29, 1.82) is 0 Å². The summed E-state index contributed by atoms with van der Waals surface area (Å²) >= 11 is 4.68. The van der Waals surface area contributed by atoms with E-state index in [9.17, 15) is 0 Å². The van der Waals surface area contributed by atoms with Gasteiger partial charge in [-0.2, -0.15) is 0 Å². The zero-order valence-electron chi connectivity index (χ0n) is 21.3. The fourth-order valence-electron chi connectivity index (χ4n) is 9.98. The van der Waals surface area contributed by atoms with Gasteiger partial charge in [0.1, 0.15) is 0 Å². The largest absolute Gasteiger partial charge is 0.143 e. The van der Waals surface area contributed by atoms with Gasteiger partial charge in [-0.25, -0.2) is 0 Å². The van der Waals surface area contributed by atoms with Crippen LogP contribution in [0.2, 0.25) is 0 Å². The van der Waals surface area contributed by atoms with E-state index in [1.54, 1.807) is 44.9 Å². The average molecular weight is 463 g/mol. The van der Waals surface area contributed by atoms with E-state index in [-0.39, 0.29) is 0 Å². The van der Waals surface area contributed by atoms with Crippen LogP contribution in [0.5, 0.6) is 0 Å². The minimum Gasteiger partial charge on any atom is -0.143 e. The van der Waals surface area contributed by atoms with E-state index in [0.717, 1.165) is 41.4 Å². The maximum absolute atomic E-state index is 2.77. The van der Waals surface area contributed by atoms with Crippen molar-refractivity contribution in [3.63, 3.8) is 0 Å². The summed E-state index contributed by atoms with van der Waals surface area (Å²) in [7, 11) is 0. The van der Waals surface area contributed by atoms with Crippen LogP contribution in [0.1, 0.15) is 112 Å². The number of fused-ring (bicyclic) bond motifs is 5. The van der Waals surface area contributed by atoms with Crippen molar-refractivity contribution in [2.24, 2.45) is 52.3 Å². The molecule has 4 aliphatic carbocycles. The minimum atomic E-state index is 0.629. The first kappa shape index (κ1) is 23.4. The predicted octanol–water partition coefficient (Wildman–Crippen LogP) is 9.28. The van der Waals surface area contributed by atoms with Gasteiger partial charge >= 0.3 is 0 Å². The molecule has 8 atom stereocenters. The average Bonchev–Trinajstić information content (AvgIpc) is 3.32. The van der Waals surface area contributed by atoms with Gasteiger partial charge in [-0.3, -0.25) is 0 Å². The smallest absolute Gasteiger partial charge is 0.0614 e. The fraction of sp³-hybridized carbons (Fsp3) is 1.00. The van der Waals surface area contributed by atoms with E-state index >= 15 is 0 Å². The van der Waals surface area contributed by atoms with Gasteiger partial charge in [-0.05, 0) is 110 Å². The molecule has 0 N–H and O–H groups in total. The molecular weight excluding hydrogens is 412 g/mol. The number of hydrogen-bond donors (Lipinski definition) is 0. The van der Waals surface area contributed by atoms with Crippen LogP contribution in [-0.4, -0.2) is 15.6 Å². The van der Waals surface area contributed by atoms with Crippen molar-refractivity contribution < 1.29 is 0 Å². The van der Waals surface area contributed by atoms with Crippen LogP contribution in [0.15, 0.2) is 0 Å². The van der Waals surface area contributed by atoms with E-state index in [1.165, 1.54) is 43.6 Å². The molecule has 1 spiro atoms. The summed E-state index contributed by atoms with van der Waals surface area (Å²) in [6, 6.07) is 0. The Balaban J connectivity index is 1.28. The van der Waals surface area contributed by atoms with Crippen molar-refractivity contribution >= 4 is 23.5 Å². The molecule has 1 heterocycles. The van der Waals surface area contributed by atoms with E-state index in [2.05, 4.69) is 58.1 Å². The summed E-state index contributed by atoms with van der Waals surface area (Å²) in [5.74, 6) is 9.85. The van der Waals surface area contributed by atoms with Crippen LogP contribution in [0.4, 0.5) is 0 Å². The summed E-state index contributed by atoms with van der Waals surface area (Å²) < 4.78 is 0.629. The van der Waals surface area contributed by atoms with E-state index in [1.807, 2.05) is 0 Å². The fourth-order valence-corrected chi connectivity index (χ4v) is 13.4. The van der Waals surface area contributed by atoms with Crippen LogP contribution in [-0.2, 0) is 0 Å². The Hall–Kier alpha value is 0.700. The number of hydrogen-bond acceptors (Lipinski definition) is 2. The molecular formula is C29H50S2. The maximum atomic E-state index is 2.77. The summed E-state index contributed by atoms with van der Waals surface area (Å²) in [5, 5.41) is 0. The first-order valence-electron chi connectivity index (χ1n) is 14.1. The second-order valence-corrected chi connectivity index (χ2v) is 16.7. The van der Waals surface area contributed by atoms with Gasteiger partial charge < -0.3 is 0 Å². The normalized spacial score (nSPS) is 47.2. The van der Waals surface area contributed by atoms with Crippen LogP contribution in [0.3, 0.4) is 0 Å². The molecule has 0 aromatic rings. The standard InChI is InChI=1S/C29H50S2/c1-20(2)7-6-8-21(3)24-11-12-25-23-10-9-22-19-29(30-17-18-31-29)16-15-27(22,4)26(23)13-14-28(24,25)5/h20-26H,6-19H2,1-5H3/t21?,22-,23?,24?,25?,26?,27-,28+/m0/s1. The monoisotopic (exact) mass is 462 g/mol. The van der Waals surface area contributed by atoms with Crippen LogP contribution in [0.25, 0.3) is 0 Å². The maximum Gasteiger partial charge on any atom is 0.0614 e. The summed E-state index contributed by atoms with van der Waals surface area (Å²) in [6.45, 7) is 13.0. The van der Waals surface area contributed by atoms with Crippen molar-refractivity contribution in [3.05, 3.63) is 0 Å². The molecule has 0 aromatic heterocycles. The van der Waals surface area contributed by atoms with Gasteiger partial charge in [0.2, 0.25) is 0 Å². The molecule has 0 amide bonds. The van der Waals surface area contributed by atoms with Gasteiger partial charge in [0.25, 0.3) is 0 Å². The highest BCUT2D eigenvalue weighted by Crippen LogP contribution is 2.70. The minimum absolute atomic E-state index is 0.629. The van der Waals surface area contributed by atoms with E-state index < -0.39 is 0 Å². The van der Waals surface area contributed by atoms with E-state index in [0.29, 0.717) is 14.9 Å². The summed E-state index contributed by atoms with van der Waals surface area (Å²) in [5.41, 5.74) is 1.33. The molecule has 5 rings (SSSR count). The summed E-state index contributed by atoms with van der Waals surface area (Å²) in [6.07, 6.45) is 18.3. The third-order valence-corrected chi connectivity index (χ3v) is 15.3. The van der Waals surface area contributed by atoms with Crippen LogP contribution in [0, 0.1) is 52.3 Å². The Morgan fingerprint density at radius 3 is 2.26 bits per heavy atom. The lowest BCUT2D eigenvalue weighted by molar-refractivity contribution is -0.114. The molecule has 0 radical (unpaired) electrons. The van der Waals surface area contributed by atoms with Gasteiger partial charge in [0.05, 0.1) is 4.08 Å². The van der Waals surface area contributed by atoms with Gasteiger partial charge in [0, 0.05) is 11.5 Å². The van der Waals surface area contributed by atoms with Crippen molar-refractivity contribution in [1.82, 2.24) is 0 Å². The molecule has 5 unspecified atom stereocenters. The molecule has 0 aromatic carbocycles. The van der Waals surface area contributed by atoms with Crippen molar-refractivity contribution in [2.45, 2.75) is 116 Å². The lowest BCUT2D eigenvalue weighted by atomic mass is 9.44. The first-order chi connectivity index (χ1) is 14.8. The molecule has 0 bridgehead atoms. The second kappa shape index (κ2) is 8.73. The highest BCUT2D eigenvalue weighted by Gasteiger charge is 2.62. The van der Waals surface area contributed by atoms with Gasteiger partial charge in [-0.15, -0.1) is 23.5 Å². The highest BCUT2D eigenvalue weighted by molar-refractivity contribution is 8.21. The zero-order valence-corrected chi connectivity index (χ0v) is 22.9. The first-order valence-corrected chi connectivity index (χ1v) is 16.0. The molecule has 31 heavy (non-hydrogen) atoms. The molecule has 5 aliphatic rings. The second-order valence-electron chi connectivity index (χ2n) is 13.5. The molecule has 2 heteroatoms. The van der Waals surface area contributed by atoms with Crippen molar-refractivity contribution in [2.75, 3.05) is 11.5 Å². The zero-order chi connectivity index (χ0) is 21.9. The lowest BCUT2D eigenvalue weighted by Gasteiger charge is -2.62. The van der Waals surface area contributed by atoms with Crippen LogP contribution < -0.4 is 0 Å². The molecule has 178 valence electrons. The molecule has 5 fully saturated rings. The summed E-state index contributed by atoms with van der Waals surface area (Å²) in [4.78, 5) is 0. The molecule has 0 nitrogen and oxygen atoms in total. The van der Waals surface area contributed by atoms with Gasteiger partial charge in [0.15, 0.2) is 0 Å². The van der Waals surface area contributed by atoms with Gasteiger partial charge in [-0.1, -0.05) is 53.9 Å². The Morgan fingerprint density at radius 1 is 0.774 bits per heavy atom. The third kappa shape index (κ3) is 3.98. The third-order valence-electron chi connectivity index (χ3n) is 11.7. The Morgan fingerprint density at radius 2 is 1.52 bits per heavy atom. The Kier molecular flexibility index (Phi) is 6.60. The quantitative estimate of drug-likeness (QED) is 0.399. The molecule has 4 saturated carbocycles. The SMILES string of the molecule is CC(C)CCCC(C)C1CCC2C3CC[C@H]4CC5(CC[C@]4(C)C3CC[C@]12C)SCCS5. The highest BCUT2D eigenvalue weighted by atomic mass is 32.2.